The highest BCUT2D eigenvalue weighted by molar-refractivity contribution is 6.30. The van der Waals surface area contributed by atoms with Gasteiger partial charge in [-0.05, 0) is 32.9 Å². The van der Waals surface area contributed by atoms with Crippen LogP contribution in [-0.2, 0) is 23.9 Å². The van der Waals surface area contributed by atoms with Crippen LogP contribution >= 0.6 is 11.6 Å². The minimum atomic E-state index is -1.52. The zero-order chi connectivity index (χ0) is 17.4. The number of esters is 2. The third-order valence-corrected chi connectivity index (χ3v) is 3.20. The number of alkyl halides is 1. The summed E-state index contributed by atoms with van der Waals surface area (Å²) in [7, 11) is 0. The number of benzene rings is 1. The summed E-state index contributed by atoms with van der Waals surface area (Å²) in [5.74, 6) is -2.69. The van der Waals surface area contributed by atoms with Crippen molar-refractivity contribution in [1.29, 1.82) is 0 Å². The predicted molar refractivity (Wildman–Crippen MR) is 86.4 cm³/mol. The van der Waals surface area contributed by atoms with Crippen LogP contribution in [0.1, 0.15) is 19.4 Å². The van der Waals surface area contributed by atoms with Crippen LogP contribution in [0.5, 0.6) is 0 Å². The Morgan fingerprint density at radius 1 is 1.04 bits per heavy atom. The van der Waals surface area contributed by atoms with Crippen molar-refractivity contribution < 1.29 is 23.9 Å². The Bertz CT molecular complexity index is 540. The maximum absolute atomic E-state index is 12.2. The zero-order valence-electron chi connectivity index (χ0n) is 13.4. The molecule has 0 fully saturated rings. The lowest BCUT2D eigenvalue weighted by Crippen LogP contribution is -2.52. The van der Waals surface area contributed by atoms with Gasteiger partial charge in [-0.25, -0.2) is 9.59 Å². The fraction of sp³-hybridized carbons (Fsp3) is 0.438. The molecule has 126 valence electrons. The van der Waals surface area contributed by atoms with Crippen molar-refractivity contribution in [1.82, 2.24) is 0 Å². The van der Waals surface area contributed by atoms with E-state index in [1.807, 2.05) is 6.92 Å². The number of carbonyl (C=O) groups is 3. The van der Waals surface area contributed by atoms with E-state index in [2.05, 4.69) is 0 Å². The molecule has 0 aliphatic rings. The van der Waals surface area contributed by atoms with Gasteiger partial charge < -0.3 is 9.47 Å². The quantitative estimate of drug-likeness (QED) is 0.431. The van der Waals surface area contributed by atoms with Gasteiger partial charge in [-0.15, -0.1) is 11.6 Å². The van der Waals surface area contributed by atoms with E-state index in [4.69, 9.17) is 21.1 Å². The van der Waals surface area contributed by atoms with Crippen LogP contribution < -0.4 is 4.90 Å². The van der Waals surface area contributed by atoms with Crippen LogP contribution in [0, 0.1) is 6.92 Å². The molecule has 0 aliphatic carbocycles. The number of carbonyl (C=O) groups excluding carboxylic acids is 3. The lowest BCUT2D eigenvalue weighted by atomic mass is 10.1. The van der Waals surface area contributed by atoms with Gasteiger partial charge in [-0.2, -0.15) is 0 Å². The van der Waals surface area contributed by atoms with Gasteiger partial charge in [0.25, 0.3) is 0 Å². The van der Waals surface area contributed by atoms with Crippen LogP contribution in [0.15, 0.2) is 24.3 Å². The van der Waals surface area contributed by atoms with E-state index < -0.39 is 23.9 Å². The molecular weight excluding hydrogens is 322 g/mol. The lowest BCUT2D eigenvalue weighted by Gasteiger charge is -2.28. The largest absolute Gasteiger partial charge is 0.464 e. The van der Waals surface area contributed by atoms with Crippen molar-refractivity contribution in [2.75, 3.05) is 24.0 Å². The molecule has 0 saturated carbocycles. The number of halogens is 1. The van der Waals surface area contributed by atoms with Crippen molar-refractivity contribution in [3.8, 4) is 0 Å². The molecule has 0 aliphatic heterocycles. The average Bonchev–Trinajstić information content (AvgIpc) is 2.53. The zero-order valence-corrected chi connectivity index (χ0v) is 14.1. The van der Waals surface area contributed by atoms with E-state index in [0.717, 1.165) is 10.5 Å². The van der Waals surface area contributed by atoms with Crippen molar-refractivity contribution >= 4 is 35.1 Å². The molecule has 1 aromatic rings. The molecule has 0 atom stereocenters. The van der Waals surface area contributed by atoms with Gasteiger partial charge in [0.05, 0.1) is 13.2 Å². The highest BCUT2D eigenvalue weighted by Gasteiger charge is 2.39. The summed E-state index contributed by atoms with van der Waals surface area (Å²) in [5, 5.41) is 0. The van der Waals surface area contributed by atoms with E-state index >= 15 is 0 Å². The van der Waals surface area contributed by atoms with Gasteiger partial charge in [0.2, 0.25) is 11.9 Å². The van der Waals surface area contributed by atoms with Crippen molar-refractivity contribution in [2.45, 2.75) is 26.8 Å². The Labute approximate surface area is 140 Å². The fourth-order valence-corrected chi connectivity index (χ4v) is 2.09. The Morgan fingerprint density at radius 3 is 1.91 bits per heavy atom. The summed E-state index contributed by atoms with van der Waals surface area (Å²) in [6, 6.07) is 5.26. The monoisotopic (exact) mass is 341 g/mol. The molecule has 1 aromatic carbocycles. The second-order valence-electron chi connectivity index (χ2n) is 4.64. The normalized spacial score (nSPS) is 10.3. The van der Waals surface area contributed by atoms with E-state index in [9.17, 15) is 14.4 Å². The molecule has 0 unspecified atom stereocenters. The van der Waals surface area contributed by atoms with Crippen molar-refractivity contribution in [3.63, 3.8) is 0 Å². The Kier molecular flexibility index (Phi) is 7.54. The van der Waals surface area contributed by atoms with Gasteiger partial charge in [-0.1, -0.05) is 17.7 Å². The molecule has 0 saturated heterocycles. The number of hydrogen-bond acceptors (Lipinski definition) is 5. The molecule has 0 spiro atoms. The minimum absolute atomic E-state index is 0.0749. The Balaban J connectivity index is 3.31. The molecular formula is C16H20ClNO5. The predicted octanol–water partition coefficient (Wildman–Crippen LogP) is 2.06. The van der Waals surface area contributed by atoms with E-state index in [0.29, 0.717) is 5.69 Å². The van der Waals surface area contributed by atoms with Crippen molar-refractivity contribution in [2.24, 2.45) is 0 Å². The van der Waals surface area contributed by atoms with Crippen LogP contribution in [0.25, 0.3) is 0 Å². The Hall–Kier alpha value is -2.08. The van der Waals surface area contributed by atoms with E-state index in [1.54, 1.807) is 38.1 Å². The molecule has 0 N–H and O–H groups in total. The highest BCUT2D eigenvalue weighted by Crippen LogP contribution is 2.20. The number of hydrogen-bond donors (Lipinski definition) is 0. The Morgan fingerprint density at radius 2 is 1.52 bits per heavy atom. The van der Waals surface area contributed by atoms with Crippen LogP contribution in [0.4, 0.5) is 5.69 Å². The van der Waals surface area contributed by atoms with Crippen LogP contribution in [0.3, 0.4) is 0 Å². The SMILES string of the molecule is CCOC(=O)C(C(=O)OCC)N(C(=O)CCl)c1ccc(C)cc1. The standard InChI is InChI=1S/C16H20ClNO5/c1-4-22-15(20)14(16(21)23-5-2)18(13(19)10-17)12-8-6-11(3)7-9-12/h6-9,14H,4-5,10H2,1-3H3. The number of nitrogens with zero attached hydrogens (tertiary/aromatic N) is 1. The number of amides is 1. The summed E-state index contributed by atoms with van der Waals surface area (Å²) in [6.07, 6.45) is 0. The number of ether oxygens (including phenoxy) is 2. The second-order valence-corrected chi connectivity index (χ2v) is 4.91. The first-order valence-electron chi connectivity index (χ1n) is 7.24. The molecule has 0 radical (unpaired) electrons. The highest BCUT2D eigenvalue weighted by atomic mass is 35.5. The van der Waals surface area contributed by atoms with Gasteiger partial charge in [0, 0.05) is 5.69 Å². The molecule has 1 amide bonds. The van der Waals surface area contributed by atoms with Gasteiger partial charge in [-0.3, -0.25) is 9.69 Å². The van der Waals surface area contributed by atoms with Gasteiger partial charge >= 0.3 is 11.9 Å². The van der Waals surface area contributed by atoms with E-state index in [-0.39, 0.29) is 19.1 Å². The lowest BCUT2D eigenvalue weighted by molar-refractivity contribution is -0.157. The third-order valence-electron chi connectivity index (χ3n) is 2.97. The molecule has 23 heavy (non-hydrogen) atoms. The summed E-state index contributed by atoms with van der Waals surface area (Å²) >= 11 is 5.64. The molecule has 6 nitrogen and oxygen atoms in total. The van der Waals surface area contributed by atoms with Gasteiger partial charge in [0.15, 0.2) is 0 Å². The second kappa shape index (κ2) is 9.15. The minimum Gasteiger partial charge on any atom is -0.464 e. The summed E-state index contributed by atoms with van der Waals surface area (Å²) in [6.45, 7) is 5.25. The topological polar surface area (TPSA) is 72.9 Å². The number of aryl methyl sites for hydroxylation is 1. The van der Waals surface area contributed by atoms with Crippen LogP contribution in [0.2, 0.25) is 0 Å². The number of rotatable bonds is 7. The van der Waals surface area contributed by atoms with Crippen LogP contribution in [-0.4, -0.2) is 43.0 Å². The molecule has 7 heteroatoms. The fourth-order valence-electron chi connectivity index (χ4n) is 1.96. The summed E-state index contributed by atoms with van der Waals surface area (Å²) in [5.41, 5.74) is 1.34. The number of anilines is 1. The first kappa shape index (κ1) is 19.0. The first-order chi connectivity index (χ1) is 11.0. The summed E-state index contributed by atoms with van der Waals surface area (Å²) < 4.78 is 9.83. The van der Waals surface area contributed by atoms with Crippen molar-refractivity contribution in [3.05, 3.63) is 29.8 Å². The maximum atomic E-state index is 12.2. The molecule has 0 aromatic heterocycles. The third kappa shape index (κ3) is 4.96. The molecule has 1 rings (SSSR count). The van der Waals surface area contributed by atoms with Gasteiger partial charge in [0.1, 0.15) is 5.88 Å². The summed E-state index contributed by atoms with van der Waals surface area (Å²) in [4.78, 5) is 37.7. The molecule has 0 bridgehead atoms. The average molecular weight is 342 g/mol. The smallest absolute Gasteiger partial charge is 0.341 e. The molecule has 0 heterocycles. The maximum Gasteiger partial charge on any atom is 0.341 e. The van der Waals surface area contributed by atoms with E-state index in [1.165, 1.54) is 0 Å². The first-order valence-corrected chi connectivity index (χ1v) is 7.77.